The van der Waals surface area contributed by atoms with Crippen molar-refractivity contribution < 1.29 is 14.4 Å². The smallest absolute Gasteiger partial charge is 0.325 e. The number of hydrogen-bond acceptors (Lipinski definition) is 4. The molecule has 2 unspecified atom stereocenters. The molecule has 2 aromatic rings. The largest absolute Gasteiger partial charge is 0.329 e. The van der Waals surface area contributed by atoms with Crippen LogP contribution in [0.3, 0.4) is 0 Å². The van der Waals surface area contributed by atoms with Gasteiger partial charge in [0.05, 0.1) is 6.04 Å². The van der Waals surface area contributed by atoms with E-state index in [2.05, 4.69) is 16.8 Å². The van der Waals surface area contributed by atoms with Gasteiger partial charge in [-0.15, -0.1) is 11.3 Å². The van der Waals surface area contributed by atoms with E-state index < -0.39 is 17.6 Å². The van der Waals surface area contributed by atoms with Crippen LogP contribution >= 0.6 is 11.3 Å². The summed E-state index contributed by atoms with van der Waals surface area (Å²) in [5.74, 6) is -0.422. The number of nitrogens with one attached hydrogen (secondary N) is 1. The molecule has 1 saturated heterocycles. The van der Waals surface area contributed by atoms with Gasteiger partial charge in [0.1, 0.15) is 11.6 Å². The molecule has 0 radical (unpaired) electrons. The fourth-order valence-corrected chi connectivity index (χ4v) is 6.11. The Kier molecular flexibility index (Phi) is 4.65. The normalized spacial score (nSPS) is 23.6. The molecule has 1 aromatic carbocycles. The number of carbonyl (C=O) groups excluding carboxylic acids is 3. The fourth-order valence-electron chi connectivity index (χ4n) is 5.21. The first-order chi connectivity index (χ1) is 14.5. The summed E-state index contributed by atoms with van der Waals surface area (Å²) in [4.78, 5) is 43.8. The summed E-state index contributed by atoms with van der Waals surface area (Å²) in [7, 11) is 0. The Morgan fingerprint density at radius 3 is 2.63 bits per heavy atom. The minimum Gasteiger partial charge on any atom is -0.329 e. The lowest BCUT2D eigenvalue weighted by Gasteiger charge is -2.39. The number of carbonyl (C=O) groups is 3. The van der Waals surface area contributed by atoms with Gasteiger partial charge in [-0.25, -0.2) is 9.69 Å². The van der Waals surface area contributed by atoms with Gasteiger partial charge in [0.25, 0.3) is 5.91 Å². The summed E-state index contributed by atoms with van der Waals surface area (Å²) >= 11 is 1.72. The van der Waals surface area contributed by atoms with Gasteiger partial charge in [-0.05, 0) is 48.8 Å². The number of rotatable bonds is 3. The van der Waals surface area contributed by atoms with Crippen LogP contribution in [0, 0.1) is 0 Å². The second-order valence-corrected chi connectivity index (χ2v) is 9.47. The van der Waals surface area contributed by atoms with Crippen molar-refractivity contribution in [2.75, 3.05) is 6.54 Å². The monoisotopic (exact) mass is 423 g/mol. The Hall–Kier alpha value is -2.67. The van der Waals surface area contributed by atoms with Crippen molar-refractivity contribution in [1.29, 1.82) is 0 Å². The number of thiophene rings is 1. The summed E-state index contributed by atoms with van der Waals surface area (Å²) in [6, 6.07) is 10.6. The van der Waals surface area contributed by atoms with Crippen LogP contribution in [0.5, 0.6) is 0 Å². The van der Waals surface area contributed by atoms with E-state index >= 15 is 0 Å². The van der Waals surface area contributed by atoms with Crippen LogP contribution in [0.4, 0.5) is 4.79 Å². The third-order valence-corrected chi connectivity index (χ3v) is 7.76. The molecular formula is C23H25N3O3S. The van der Waals surface area contributed by atoms with E-state index in [0.29, 0.717) is 19.4 Å². The lowest BCUT2D eigenvalue weighted by Crippen LogP contribution is -2.53. The highest BCUT2D eigenvalue weighted by atomic mass is 32.1. The minimum atomic E-state index is -0.830. The first-order valence-electron chi connectivity index (χ1n) is 10.6. The summed E-state index contributed by atoms with van der Waals surface area (Å²) in [6.07, 6.45) is 3.95. The van der Waals surface area contributed by atoms with Crippen LogP contribution < -0.4 is 5.32 Å². The van der Waals surface area contributed by atoms with E-state index in [1.807, 2.05) is 35.2 Å². The van der Waals surface area contributed by atoms with Crippen molar-refractivity contribution in [3.8, 4) is 0 Å². The van der Waals surface area contributed by atoms with Crippen LogP contribution in [0.15, 0.2) is 41.8 Å². The number of nitrogens with zero attached hydrogens (tertiary/aromatic N) is 2. The zero-order valence-corrected chi connectivity index (χ0v) is 17.8. The average molecular weight is 424 g/mol. The van der Waals surface area contributed by atoms with Gasteiger partial charge in [-0.2, -0.15) is 0 Å². The Labute approximate surface area is 179 Å². The van der Waals surface area contributed by atoms with Gasteiger partial charge in [0.15, 0.2) is 0 Å². The Morgan fingerprint density at radius 2 is 1.90 bits per heavy atom. The lowest BCUT2D eigenvalue weighted by atomic mass is 9.92. The molecule has 1 aliphatic carbocycles. The first-order valence-corrected chi connectivity index (χ1v) is 11.5. The molecule has 3 aliphatic rings. The van der Waals surface area contributed by atoms with Crippen molar-refractivity contribution in [2.24, 2.45) is 0 Å². The molecule has 30 heavy (non-hydrogen) atoms. The first kappa shape index (κ1) is 19.3. The molecule has 7 heteroatoms. The standard InChI is InChI=1S/C23H25N3O3S/c1-15(26-21(28)23(24-22(26)29)11-5-6-12-23)20(27)25-13-9-18-17(10-14-30-18)19(25)16-7-3-2-4-8-16/h2-4,7-8,10,14-15,19H,5-6,9,11-13H2,1H3,(H,24,29). The van der Waals surface area contributed by atoms with Gasteiger partial charge in [-0.1, -0.05) is 43.2 Å². The highest BCUT2D eigenvalue weighted by molar-refractivity contribution is 7.10. The number of amides is 4. The van der Waals surface area contributed by atoms with Gasteiger partial charge in [0.2, 0.25) is 5.91 Å². The van der Waals surface area contributed by atoms with Crippen molar-refractivity contribution in [2.45, 2.75) is 56.7 Å². The van der Waals surface area contributed by atoms with Crippen molar-refractivity contribution in [3.63, 3.8) is 0 Å². The van der Waals surface area contributed by atoms with Crippen molar-refractivity contribution in [3.05, 3.63) is 57.8 Å². The van der Waals surface area contributed by atoms with E-state index in [-0.39, 0.29) is 17.9 Å². The van der Waals surface area contributed by atoms with Crippen LogP contribution in [0.25, 0.3) is 0 Å². The molecule has 2 atom stereocenters. The summed E-state index contributed by atoms with van der Waals surface area (Å²) in [5, 5.41) is 4.96. The molecule has 0 bridgehead atoms. The molecule has 1 aromatic heterocycles. The summed E-state index contributed by atoms with van der Waals surface area (Å²) in [5.41, 5.74) is 1.39. The van der Waals surface area contributed by atoms with Gasteiger partial charge >= 0.3 is 6.03 Å². The Bertz CT molecular complexity index is 996. The maximum Gasteiger partial charge on any atom is 0.325 e. The quantitative estimate of drug-likeness (QED) is 0.769. The molecule has 1 saturated carbocycles. The summed E-state index contributed by atoms with van der Waals surface area (Å²) in [6.45, 7) is 2.25. The van der Waals surface area contributed by atoms with Crippen LogP contribution in [-0.4, -0.2) is 45.8 Å². The second-order valence-electron chi connectivity index (χ2n) is 8.46. The fraction of sp³-hybridized carbons (Fsp3) is 0.435. The molecule has 2 fully saturated rings. The van der Waals surface area contributed by atoms with E-state index in [0.717, 1.165) is 30.4 Å². The third-order valence-electron chi connectivity index (χ3n) is 6.76. The molecule has 1 N–H and O–H groups in total. The van der Waals surface area contributed by atoms with Crippen molar-refractivity contribution in [1.82, 2.24) is 15.1 Å². The lowest BCUT2D eigenvalue weighted by molar-refractivity contribution is -0.144. The zero-order valence-electron chi connectivity index (χ0n) is 17.0. The van der Waals surface area contributed by atoms with E-state index in [1.165, 1.54) is 9.78 Å². The minimum absolute atomic E-state index is 0.181. The van der Waals surface area contributed by atoms with E-state index in [1.54, 1.807) is 18.3 Å². The topological polar surface area (TPSA) is 69.7 Å². The Morgan fingerprint density at radius 1 is 1.17 bits per heavy atom. The van der Waals surface area contributed by atoms with Crippen molar-refractivity contribution >= 4 is 29.2 Å². The van der Waals surface area contributed by atoms with Crippen LogP contribution in [0.2, 0.25) is 0 Å². The average Bonchev–Trinajstić information content (AvgIpc) is 3.47. The Balaban J connectivity index is 1.46. The van der Waals surface area contributed by atoms with Gasteiger partial charge < -0.3 is 10.2 Å². The van der Waals surface area contributed by atoms with Gasteiger partial charge in [-0.3, -0.25) is 9.59 Å². The predicted molar refractivity (Wildman–Crippen MR) is 114 cm³/mol. The van der Waals surface area contributed by atoms with E-state index in [9.17, 15) is 14.4 Å². The predicted octanol–water partition coefficient (Wildman–Crippen LogP) is 3.48. The third kappa shape index (κ3) is 2.87. The number of fused-ring (bicyclic) bond motifs is 1. The SMILES string of the molecule is CC(C(=O)N1CCc2sccc2C1c1ccccc1)N1C(=O)NC2(CCCC2)C1=O. The number of benzene rings is 1. The molecule has 4 amide bonds. The number of hydrogen-bond donors (Lipinski definition) is 1. The molecule has 2 aliphatic heterocycles. The van der Waals surface area contributed by atoms with Gasteiger partial charge in [0, 0.05) is 11.4 Å². The number of imide groups is 1. The maximum absolute atomic E-state index is 13.7. The zero-order chi connectivity index (χ0) is 20.9. The highest BCUT2D eigenvalue weighted by Gasteiger charge is 2.55. The number of urea groups is 1. The van der Waals surface area contributed by atoms with Crippen LogP contribution in [-0.2, 0) is 16.0 Å². The molecule has 156 valence electrons. The maximum atomic E-state index is 13.7. The summed E-state index contributed by atoms with van der Waals surface area (Å²) < 4.78 is 0. The van der Waals surface area contributed by atoms with Crippen LogP contribution in [0.1, 0.15) is 54.7 Å². The molecule has 6 nitrogen and oxygen atoms in total. The molecular weight excluding hydrogens is 398 g/mol. The highest BCUT2D eigenvalue weighted by Crippen LogP contribution is 2.39. The molecule has 1 spiro atoms. The van der Waals surface area contributed by atoms with E-state index in [4.69, 9.17) is 0 Å². The second kappa shape index (κ2) is 7.23. The molecule has 5 rings (SSSR count). The molecule has 3 heterocycles.